The van der Waals surface area contributed by atoms with Crippen molar-refractivity contribution >= 4 is 74.9 Å². The smallest absolute Gasteiger partial charge is 0.157 e. The maximum absolute atomic E-state index is 11.5. The Morgan fingerprint density at radius 1 is 0.905 bits per heavy atom. The maximum atomic E-state index is 11.5. The second-order valence-corrected chi connectivity index (χ2v) is 7.99. The van der Waals surface area contributed by atoms with Crippen molar-refractivity contribution in [1.29, 1.82) is 0 Å². The molecule has 0 aromatic heterocycles. The summed E-state index contributed by atoms with van der Waals surface area (Å²) in [5.41, 5.74) is 0. The summed E-state index contributed by atoms with van der Waals surface area (Å²) >= 11 is 13.1. The topological polar surface area (TPSA) is 68.3 Å². The highest BCUT2D eigenvalue weighted by atomic mass is 35.5. The first-order chi connectivity index (χ1) is 9.99. The zero-order valence-electron chi connectivity index (χ0n) is 11.2. The van der Waals surface area contributed by atoms with Crippen molar-refractivity contribution in [3.8, 4) is 0 Å². The first-order valence-corrected chi connectivity index (χ1v) is 10.6. The molecule has 0 N–H and O–H groups in total. The molecule has 1 atom stereocenters. The number of alkyl halides is 2. The lowest BCUT2D eigenvalue weighted by molar-refractivity contribution is -0.116. The summed E-state index contributed by atoms with van der Waals surface area (Å²) < 4.78 is 11.5. The Balaban J connectivity index is 3.73. The third-order valence-electron chi connectivity index (χ3n) is 1.88. The average Bonchev–Trinajstić information content (AvgIpc) is 2.46. The molecule has 0 amide bonds. The standard InChI is InChI=1S/C12H16Cl2O4S3/c13-4-11(16)7-19-6-10(15)2-1-3-21(18)9-20-8-12(17)5-14/h1,3H,2,4-9H2. The van der Waals surface area contributed by atoms with Gasteiger partial charge < -0.3 is 0 Å². The molecule has 0 saturated carbocycles. The molecule has 0 saturated heterocycles. The zero-order valence-corrected chi connectivity index (χ0v) is 15.2. The van der Waals surface area contributed by atoms with Gasteiger partial charge in [0.2, 0.25) is 0 Å². The molecular formula is C12H16Cl2O4S3. The molecule has 0 aromatic rings. The predicted octanol–water partition coefficient (Wildman–Crippen LogP) is 2.25. The quantitative estimate of drug-likeness (QED) is 0.449. The van der Waals surface area contributed by atoms with Crippen LogP contribution in [0, 0.1) is 0 Å². The molecule has 0 bridgehead atoms. The molecule has 1 unspecified atom stereocenters. The Morgan fingerprint density at radius 3 is 2.00 bits per heavy atom. The molecule has 0 aliphatic heterocycles. The number of thioether (sulfide) groups is 2. The van der Waals surface area contributed by atoms with Crippen LogP contribution in [0.3, 0.4) is 0 Å². The van der Waals surface area contributed by atoms with E-state index in [1.54, 1.807) is 6.08 Å². The number of halogens is 2. The van der Waals surface area contributed by atoms with Crippen molar-refractivity contribution in [3.05, 3.63) is 11.5 Å². The number of hydrogen-bond acceptors (Lipinski definition) is 6. The molecule has 0 spiro atoms. The van der Waals surface area contributed by atoms with Crippen LogP contribution in [0.2, 0.25) is 0 Å². The molecule has 0 heterocycles. The first-order valence-electron chi connectivity index (χ1n) is 5.86. The van der Waals surface area contributed by atoms with Crippen LogP contribution in [0.15, 0.2) is 11.5 Å². The van der Waals surface area contributed by atoms with E-state index in [2.05, 4.69) is 0 Å². The molecule has 0 aliphatic carbocycles. The van der Waals surface area contributed by atoms with Gasteiger partial charge in [-0.25, -0.2) is 0 Å². The molecule has 0 aliphatic rings. The molecule has 0 radical (unpaired) electrons. The number of ketones is 3. The molecule has 0 rings (SSSR count). The third-order valence-corrected chi connectivity index (χ3v) is 6.15. The lowest BCUT2D eigenvalue weighted by atomic mass is 10.3. The SMILES string of the molecule is O=C(CCl)CSCC(=O)CC=CS(=O)CSCC(=O)CCl. The fourth-order valence-electron chi connectivity index (χ4n) is 0.979. The van der Waals surface area contributed by atoms with Gasteiger partial charge in [-0.15, -0.1) is 46.7 Å². The number of carbonyl (C=O) groups excluding carboxylic acids is 3. The number of carbonyl (C=O) groups is 3. The van der Waals surface area contributed by atoms with Crippen LogP contribution in [0.4, 0.5) is 0 Å². The van der Waals surface area contributed by atoms with Crippen LogP contribution < -0.4 is 0 Å². The van der Waals surface area contributed by atoms with Crippen LogP contribution in [0.1, 0.15) is 6.42 Å². The monoisotopic (exact) mass is 390 g/mol. The van der Waals surface area contributed by atoms with E-state index in [1.165, 1.54) is 28.9 Å². The number of Topliss-reactive ketones (excluding diaryl/α,β-unsaturated/α-hetero) is 3. The Hall–Kier alpha value is 0.180. The van der Waals surface area contributed by atoms with Crippen LogP contribution in [0.5, 0.6) is 0 Å². The van der Waals surface area contributed by atoms with Gasteiger partial charge in [0.05, 0.1) is 44.9 Å². The number of allylic oxidation sites excluding steroid dienone is 1. The second kappa shape index (κ2) is 13.8. The average molecular weight is 391 g/mol. The van der Waals surface area contributed by atoms with Gasteiger partial charge in [0, 0.05) is 6.42 Å². The van der Waals surface area contributed by atoms with Gasteiger partial charge in [-0.2, -0.15) is 0 Å². The number of rotatable bonds is 13. The normalized spacial score (nSPS) is 12.5. The molecular weight excluding hydrogens is 375 g/mol. The fraction of sp³-hybridized carbons (Fsp3) is 0.583. The minimum atomic E-state index is -1.21. The van der Waals surface area contributed by atoms with Crippen molar-refractivity contribution in [3.63, 3.8) is 0 Å². The van der Waals surface area contributed by atoms with Gasteiger partial charge >= 0.3 is 0 Å². The van der Waals surface area contributed by atoms with E-state index < -0.39 is 10.8 Å². The lowest BCUT2D eigenvalue weighted by Gasteiger charge is -1.98. The van der Waals surface area contributed by atoms with Crippen LogP contribution in [0.25, 0.3) is 0 Å². The summed E-state index contributed by atoms with van der Waals surface area (Å²) in [6, 6.07) is 0. The van der Waals surface area contributed by atoms with Gasteiger partial charge in [0.25, 0.3) is 0 Å². The summed E-state index contributed by atoms with van der Waals surface area (Å²) in [7, 11) is -1.21. The molecule has 9 heteroatoms. The molecule has 4 nitrogen and oxygen atoms in total. The third kappa shape index (κ3) is 13.6. The van der Waals surface area contributed by atoms with Crippen molar-refractivity contribution in [1.82, 2.24) is 0 Å². The molecule has 21 heavy (non-hydrogen) atoms. The second-order valence-electron chi connectivity index (χ2n) is 3.80. The highest BCUT2D eigenvalue weighted by Gasteiger charge is 2.04. The van der Waals surface area contributed by atoms with Crippen molar-refractivity contribution in [2.75, 3.05) is 34.1 Å². The van der Waals surface area contributed by atoms with Gasteiger partial charge in [0.15, 0.2) is 11.6 Å². The summed E-state index contributed by atoms with van der Waals surface area (Å²) in [6.45, 7) is 0. The first kappa shape index (κ1) is 21.2. The Morgan fingerprint density at radius 2 is 1.43 bits per heavy atom. The van der Waals surface area contributed by atoms with Crippen LogP contribution in [-0.2, 0) is 25.2 Å². The van der Waals surface area contributed by atoms with Gasteiger partial charge in [-0.05, 0) is 5.41 Å². The minimum absolute atomic E-state index is 0.0339. The van der Waals surface area contributed by atoms with E-state index in [9.17, 15) is 18.6 Å². The Kier molecular flexibility index (Phi) is 13.9. The Bertz CT molecular complexity index is 413. The van der Waals surface area contributed by atoms with Crippen LogP contribution in [-0.4, -0.2) is 55.7 Å². The summed E-state index contributed by atoms with van der Waals surface area (Å²) in [6.07, 6.45) is 1.73. The molecule has 120 valence electrons. The highest BCUT2D eigenvalue weighted by Crippen LogP contribution is 2.06. The molecule has 0 fully saturated rings. The number of hydrogen-bond donors (Lipinski definition) is 0. The van der Waals surface area contributed by atoms with E-state index in [4.69, 9.17) is 23.2 Å². The van der Waals surface area contributed by atoms with Crippen LogP contribution >= 0.6 is 46.7 Å². The Labute approximate surface area is 145 Å². The van der Waals surface area contributed by atoms with Crippen molar-refractivity contribution in [2.45, 2.75) is 6.42 Å². The van der Waals surface area contributed by atoms with Gasteiger partial charge in [-0.3, -0.25) is 18.6 Å². The maximum Gasteiger partial charge on any atom is 0.157 e. The molecule has 0 aromatic carbocycles. The largest absolute Gasteiger partial charge is 0.298 e. The summed E-state index contributed by atoms with van der Waals surface area (Å²) in [4.78, 5) is 33.3. The minimum Gasteiger partial charge on any atom is -0.298 e. The van der Waals surface area contributed by atoms with Crippen molar-refractivity contribution < 1.29 is 18.6 Å². The zero-order chi connectivity index (χ0) is 16.1. The van der Waals surface area contributed by atoms with Gasteiger partial charge in [-0.1, -0.05) is 6.08 Å². The van der Waals surface area contributed by atoms with E-state index >= 15 is 0 Å². The van der Waals surface area contributed by atoms with E-state index in [0.29, 0.717) is 5.08 Å². The van der Waals surface area contributed by atoms with E-state index in [1.807, 2.05) is 0 Å². The summed E-state index contributed by atoms with van der Waals surface area (Å²) in [5.74, 6) is 0.399. The fourth-order valence-corrected chi connectivity index (χ4v) is 4.11. The van der Waals surface area contributed by atoms with E-state index in [0.717, 1.165) is 0 Å². The highest BCUT2D eigenvalue weighted by molar-refractivity contribution is 8.11. The van der Waals surface area contributed by atoms with Crippen molar-refractivity contribution in [2.24, 2.45) is 0 Å². The van der Waals surface area contributed by atoms with E-state index in [-0.39, 0.29) is 52.8 Å². The summed E-state index contributed by atoms with van der Waals surface area (Å²) in [5, 5.41) is 1.75. The van der Waals surface area contributed by atoms with Gasteiger partial charge in [0.1, 0.15) is 5.78 Å². The lowest BCUT2D eigenvalue weighted by Crippen LogP contribution is -2.07. The predicted molar refractivity (Wildman–Crippen MR) is 93.0 cm³/mol.